The Hall–Kier alpha value is -3.50. The number of esters is 1. The molecule has 1 saturated heterocycles. The molecule has 2 bridgehead atoms. The summed E-state index contributed by atoms with van der Waals surface area (Å²) in [6.45, 7) is 3.45. The van der Waals surface area contributed by atoms with Crippen molar-refractivity contribution in [2.75, 3.05) is 20.1 Å². The number of aromatic hydroxyl groups is 1. The lowest BCUT2D eigenvalue weighted by atomic mass is 9.50. The number of nitrogens with zero attached hydrogens (tertiary/aromatic N) is 2. The summed E-state index contributed by atoms with van der Waals surface area (Å²) >= 11 is 0. The SMILES string of the molecule is CC(=O)Oc1cc(O)c2c3c1O[C@H]1[C@@H](N(C)C(=O)C#Cc4ccccc4)CC[C@H]4[C@@H](C2)N(CC2CC2)CC[C@@]341. The molecule has 7 heteroatoms. The molecule has 2 saturated carbocycles. The minimum Gasteiger partial charge on any atom is -0.508 e. The lowest BCUT2D eigenvalue weighted by molar-refractivity contribution is -0.134. The smallest absolute Gasteiger partial charge is 0.308 e. The molecule has 5 atom stereocenters. The van der Waals surface area contributed by atoms with Crippen molar-refractivity contribution in [1.29, 1.82) is 0 Å². The second kappa shape index (κ2) is 9.02. The summed E-state index contributed by atoms with van der Waals surface area (Å²) in [4.78, 5) is 29.7. The number of hydrogen-bond acceptors (Lipinski definition) is 6. The largest absolute Gasteiger partial charge is 0.508 e. The molecule has 2 aliphatic heterocycles. The van der Waals surface area contributed by atoms with Crippen LogP contribution in [0, 0.1) is 23.7 Å². The highest BCUT2D eigenvalue weighted by molar-refractivity contribution is 5.94. The fourth-order valence-corrected chi connectivity index (χ4v) is 8.02. The fraction of sp³-hybridized carbons (Fsp3) is 0.500. The van der Waals surface area contributed by atoms with Crippen LogP contribution in [0.1, 0.15) is 55.7 Å². The van der Waals surface area contributed by atoms with Gasteiger partial charge in [-0.3, -0.25) is 14.5 Å². The molecule has 7 nitrogen and oxygen atoms in total. The summed E-state index contributed by atoms with van der Waals surface area (Å²) in [5.74, 6) is 7.31. The van der Waals surface area contributed by atoms with Crippen LogP contribution in [0.3, 0.4) is 0 Å². The van der Waals surface area contributed by atoms with Crippen LogP contribution in [0.15, 0.2) is 36.4 Å². The number of carbonyl (C=O) groups is 2. The van der Waals surface area contributed by atoms with Crippen LogP contribution >= 0.6 is 0 Å². The summed E-state index contributed by atoms with van der Waals surface area (Å²) in [6, 6.07) is 11.2. The molecule has 5 aliphatic rings. The minimum atomic E-state index is -0.453. The van der Waals surface area contributed by atoms with E-state index in [2.05, 4.69) is 16.7 Å². The van der Waals surface area contributed by atoms with E-state index in [4.69, 9.17) is 9.47 Å². The lowest BCUT2D eigenvalue weighted by Crippen LogP contribution is -2.69. The third-order valence-electron chi connectivity index (χ3n) is 9.84. The lowest BCUT2D eigenvalue weighted by Gasteiger charge is -2.60. The summed E-state index contributed by atoms with van der Waals surface area (Å²) in [6.07, 6.45) is 5.77. The van der Waals surface area contributed by atoms with E-state index in [9.17, 15) is 14.7 Å². The monoisotopic (exact) mass is 526 g/mol. The van der Waals surface area contributed by atoms with E-state index in [0.717, 1.165) is 61.4 Å². The first kappa shape index (κ1) is 24.5. The van der Waals surface area contributed by atoms with E-state index in [1.54, 1.807) is 11.0 Å². The van der Waals surface area contributed by atoms with Crippen LogP contribution in [-0.2, 0) is 21.4 Å². The maximum atomic E-state index is 13.3. The van der Waals surface area contributed by atoms with Gasteiger partial charge in [0.2, 0.25) is 0 Å². The second-order valence-electron chi connectivity index (χ2n) is 12.0. The van der Waals surface area contributed by atoms with Crippen molar-refractivity contribution < 1.29 is 24.2 Å². The van der Waals surface area contributed by atoms with Crippen LogP contribution in [0.2, 0.25) is 0 Å². The van der Waals surface area contributed by atoms with Crippen molar-refractivity contribution in [2.24, 2.45) is 11.8 Å². The molecule has 2 heterocycles. The molecule has 202 valence electrons. The van der Waals surface area contributed by atoms with Crippen molar-refractivity contribution >= 4 is 11.9 Å². The molecule has 1 spiro atoms. The van der Waals surface area contributed by atoms with Crippen LogP contribution in [-0.4, -0.2) is 65.1 Å². The first-order chi connectivity index (χ1) is 18.9. The number of likely N-dealkylation sites (tertiary alicyclic amines) is 1. The number of phenolic OH excluding ortho intramolecular Hbond substituents is 1. The van der Waals surface area contributed by atoms with Gasteiger partial charge in [-0.15, -0.1) is 0 Å². The molecule has 2 aromatic carbocycles. The number of amides is 1. The molecule has 3 aliphatic carbocycles. The Balaban J connectivity index is 1.29. The Morgan fingerprint density at radius 3 is 2.74 bits per heavy atom. The van der Waals surface area contributed by atoms with Crippen molar-refractivity contribution in [3.63, 3.8) is 0 Å². The summed E-state index contributed by atoms with van der Waals surface area (Å²) < 4.78 is 12.4. The first-order valence-electron chi connectivity index (χ1n) is 14.2. The quantitative estimate of drug-likeness (QED) is 0.372. The van der Waals surface area contributed by atoms with Gasteiger partial charge in [0.25, 0.3) is 5.91 Å². The van der Waals surface area contributed by atoms with Gasteiger partial charge in [-0.05, 0) is 69.0 Å². The molecule has 7 rings (SSSR count). The van der Waals surface area contributed by atoms with Gasteiger partial charge in [-0.25, -0.2) is 0 Å². The van der Waals surface area contributed by atoms with E-state index < -0.39 is 5.97 Å². The van der Waals surface area contributed by atoms with Crippen LogP contribution in [0.4, 0.5) is 0 Å². The minimum absolute atomic E-state index is 0.172. The Labute approximate surface area is 229 Å². The number of piperidine rings is 1. The number of carbonyl (C=O) groups excluding carboxylic acids is 2. The van der Waals surface area contributed by atoms with Gasteiger partial charge in [0.05, 0.1) is 6.04 Å². The summed E-state index contributed by atoms with van der Waals surface area (Å²) in [7, 11) is 1.82. The Kier molecular flexibility index (Phi) is 5.68. The standard InChI is InChI=1S/C32H34N2O5/c1-19(35)38-27-17-26(36)22-16-25-23-11-12-24(33(2)28(37)13-10-20-6-4-3-5-7-20)31-32(23,29(22)30(27)39-31)14-15-34(25)18-21-8-9-21/h3-7,17,21,23-25,31,36H,8-9,11-12,14-16,18H2,1-2H3/t23-,24-,25+,31-,32-/m0/s1. The first-order valence-corrected chi connectivity index (χ1v) is 14.2. The zero-order valence-electron chi connectivity index (χ0n) is 22.5. The van der Waals surface area contributed by atoms with E-state index in [1.807, 2.05) is 37.4 Å². The van der Waals surface area contributed by atoms with Gasteiger partial charge < -0.3 is 19.5 Å². The van der Waals surface area contributed by atoms with Gasteiger partial charge in [-0.1, -0.05) is 24.1 Å². The summed E-state index contributed by atoms with van der Waals surface area (Å²) in [5.41, 5.74) is 2.39. The zero-order valence-corrected chi connectivity index (χ0v) is 22.5. The van der Waals surface area contributed by atoms with E-state index in [1.165, 1.54) is 19.8 Å². The Bertz CT molecular complexity index is 1410. The fourth-order valence-electron chi connectivity index (χ4n) is 8.02. The molecular formula is C32H34N2O5. The van der Waals surface area contributed by atoms with Gasteiger partial charge in [0, 0.05) is 60.7 Å². The van der Waals surface area contributed by atoms with E-state index in [-0.39, 0.29) is 35.0 Å². The van der Waals surface area contributed by atoms with Crippen molar-refractivity contribution in [2.45, 2.75) is 69.1 Å². The number of hydrogen-bond donors (Lipinski definition) is 1. The average molecular weight is 527 g/mol. The maximum Gasteiger partial charge on any atom is 0.308 e. The van der Waals surface area contributed by atoms with Gasteiger partial charge in [-0.2, -0.15) is 0 Å². The predicted molar refractivity (Wildman–Crippen MR) is 145 cm³/mol. The van der Waals surface area contributed by atoms with E-state index >= 15 is 0 Å². The Morgan fingerprint density at radius 1 is 1.21 bits per heavy atom. The normalized spacial score (nSPS) is 29.9. The third-order valence-corrected chi connectivity index (χ3v) is 9.84. The highest BCUT2D eigenvalue weighted by atomic mass is 16.6. The molecule has 39 heavy (non-hydrogen) atoms. The molecule has 3 fully saturated rings. The van der Waals surface area contributed by atoms with Gasteiger partial charge in [0.1, 0.15) is 11.9 Å². The molecule has 1 amide bonds. The van der Waals surface area contributed by atoms with Crippen molar-refractivity contribution in [1.82, 2.24) is 9.80 Å². The summed E-state index contributed by atoms with van der Waals surface area (Å²) in [5, 5.41) is 11.2. The van der Waals surface area contributed by atoms with Gasteiger partial charge >= 0.3 is 5.97 Å². The molecule has 0 aromatic heterocycles. The molecule has 0 unspecified atom stereocenters. The highest BCUT2D eigenvalue weighted by Gasteiger charge is 2.67. The van der Waals surface area contributed by atoms with Crippen LogP contribution < -0.4 is 9.47 Å². The number of ether oxygens (including phenoxy) is 2. The number of likely N-dealkylation sites (N-methyl/N-ethyl adjacent to an activating group) is 1. The average Bonchev–Trinajstić information content (AvgIpc) is 3.68. The van der Waals surface area contributed by atoms with E-state index in [0.29, 0.717) is 17.7 Å². The highest BCUT2D eigenvalue weighted by Crippen LogP contribution is 2.65. The van der Waals surface area contributed by atoms with Crippen LogP contribution in [0.5, 0.6) is 17.2 Å². The van der Waals surface area contributed by atoms with Crippen molar-refractivity contribution in [3.8, 4) is 29.1 Å². The number of phenols is 1. The molecule has 1 N–H and O–H groups in total. The number of rotatable bonds is 4. The topological polar surface area (TPSA) is 79.3 Å². The molecule has 2 aromatic rings. The van der Waals surface area contributed by atoms with Crippen LogP contribution in [0.25, 0.3) is 0 Å². The maximum absolute atomic E-state index is 13.3. The third kappa shape index (κ3) is 3.83. The van der Waals surface area contributed by atoms with Crippen molar-refractivity contribution in [3.05, 3.63) is 53.1 Å². The zero-order chi connectivity index (χ0) is 26.9. The molecular weight excluding hydrogens is 492 g/mol. The molecule has 0 radical (unpaired) electrons. The Morgan fingerprint density at radius 2 is 2.00 bits per heavy atom. The number of benzene rings is 2. The van der Waals surface area contributed by atoms with Gasteiger partial charge in [0.15, 0.2) is 11.5 Å². The second-order valence-corrected chi connectivity index (χ2v) is 12.0. The predicted octanol–water partition coefficient (Wildman–Crippen LogP) is 3.65.